The van der Waals surface area contributed by atoms with Crippen LogP contribution < -0.4 is 19.5 Å². The molecule has 0 radical (unpaired) electrons. The molecule has 0 unspecified atom stereocenters. The highest BCUT2D eigenvalue weighted by Crippen LogP contribution is 2.34. The minimum absolute atomic E-state index is 0.148. The van der Waals surface area contributed by atoms with E-state index in [1.165, 1.54) is 12.0 Å². The molecule has 1 saturated heterocycles. The molecule has 0 bridgehead atoms. The summed E-state index contributed by atoms with van der Waals surface area (Å²) in [4.78, 5) is 39.4. The number of hydrogen-bond donors (Lipinski definition) is 1. The first-order valence-electron chi connectivity index (χ1n) is 12.8. The molecule has 3 amide bonds. The van der Waals surface area contributed by atoms with Gasteiger partial charge in [0, 0.05) is 5.69 Å². The Kier molecular flexibility index (Phi) is 9.16. The van der Waals surface area contributed by atoms with Crippen molar-refractivity contribution in [1.29, 1.82) is 0 Å². The third kappa shape index (κ3) is 7.04. The number of benzene rings is 3. The Hall–Kier alpha value is -4.24. The van der Waals surface area contributed by atoms with Gasteiger partial charge in [0.15, 0.2) is 18.1 Å². The Labute approximate surface area is 238 Å². The Morgan fingerprint density at radius 2 is 1.62 bits per heavy atom. The van der Waals surface area contributed by atoms with Gasteiger partial charge in [0.25, 0.3) is 17.1 Å². The molecule has 1 aliphatic rings. The van der Waals surface area contributed by atoms with Crippen LogP contribution in [0.25, 0.3) is 6.08 Å². The van der Waals surface area contributed by atoms with Crippen molar-refractivity contribution in [3.8, 4) is 17.2 Å². The van der Waals surface area contributed by atoms with Crippen molar-refractivity contribution in [2.75, 3.05) is 32.2 Å². The zero-order valence-corrected chi connectivity index (χ0v) is 24.0. The summed E-state index contributed by atoms with van der Waals surface area (Å²) in [5, 5.41) is 2.50. The first kappa shape index (κ1) is 28.8. The number of imide groups is 1. The summed E-state index contributed by atoms with van der Waals surface area (Å²) in [7, 11) is 1.49. The monoisotopic (exact) mass is 560 g/mol. The molecule has 208 valence electrons. The molecule has 40 heavy (non-hydrogen) atoms. The van der Waals surface area contributed by atoms with E-state index < -0.39 is 0 Å². The zero-order chi connectivity index (χ0) is 28.8. The van der Waals surface area contributed by atoms with Gasteiger partial charge in [-0.1, -0.05) is 35.9 Å². The van der Waals surface area contributed by atoms with E-state index in [1.807, 2.05) is 64.1 Å². The minimum Gasteiger partial charge on any atom is -0.493 e. The van der Waals surface area contributed by atoms with Crippen molar-refractivity contribution >= 4 is 40.6 Å². The zero-order valence-electron chi connectivity index (χ0n) is 23.2. The van der Waals surface area contributed by atoms with Gasteiger partial charge in [-0.05, 0) is 92.1 Å². The highest BCUT2D eigenvalue weighted by Gasteiger charge is 2.34. The molecule has 9 heteroatoms. The lowest BCUT2D eigenvalue weighted by molar-refractivity contribution is -0.123. The number of carbonyl (C=O) groups excluding carboxylic acids is 3. The number of nitrogens with one attached hydrogen (secondary N) is 1. The fourth-order valence-corrected chi connectivity index (χ4v) is 5.00. The second-order valence-corrected chi connectivity index (χ2v) is 10.5. The average molecular weight is 561 g/mol. The van der Waals surface area contributed by atoms with Crippen LogP contribution in [-0.4, -0.2) is 48.8 Å². The van der Waals surface area contributed by atoms with Crippen molar-refractivity contribution in [2.24, 2.45) is 0 Å². The fraction of sp³-hybridized carbons (Fsp3) is 0.258. The maximum absolute atomic E-state index is 12.9. The molecule has 1 aliphatic heterocycles. The van der Waals surface area contributed by atoms with Crippen LogP contribution >= 0.6 is 11.8 Å². The first-order chi connectivity index (χ1) is 19.1. The smallest absolute Gasteiger partial charge is 0.293 e. The molecule has 1 N–H and O–H groups in total. The van der Waals surface area contributed by atoms with Crippen molar-refractivity contribution < 1.29 is 28.6 Å². The van der Waals surface area contributed by atoms with Crippen LogP contribution in [0.5, 0.6) is 17.2 Å². The third-order valence-corrected chi connectivity index (χ3v) is 7.20. The molecule has 0 spiro atoms. The summed E-state index contributed by atoms with van der Waals surface area (Å²) in [6.45, 7) is 8.00. The number of carbonyl (C=O) groups is 3. The molecule has 3 aromatic carbocycles. The van der Waals surface area contributed by atoms with E-state index in [-0.39, 0.29) is 36.8 Å². The highest BCUT2D eigenvalue weighted by atomic mass is 32.2. The lowest BCUT2D eigenvalue weighted by Gasteiger charge is -2.14. The predicted molar refractivity (Wildman–Crippen MR) is 157 cm³/mol. The fourth-order valence-electron chi connectivity index (χ4n) is 4.13. The molecular weight excluding hydrogens is 528 g/mol. The number of aryl methyl sites for hydroxylation is 4. The molecule has 0 saturated carbocycles. The number of anilines is 1. The van der Waals surface area contributed by atoms with Crippen LogP contribution in [0.15, 0.2) is 59.5 Å². The Morgan fingerprint density at radius 3 is 2.38 bits per heavy atom. The summed E-state index contributed by atoms with van der Waals surface area (Å²) >= 11 is 0.881. The largest absolute Gasteiger partial charge is 0.493 e. The number of thioether (sulfide) groups is 1. The molecule has 0 atom stereocenters. The highest BCUT2D eigenvalue weighted by molar-refractivity contribution is 8.18. The maximum atomic E-state index is 12.9. The molecule has 1 fully saturated rings. The first-order valence-corrected chi connectivity index (χ1v) is 13.6. The minimum atomic E-state index is -0.373. The number of nitrogens with zero attached hydrogens (tertiary/aromatic N) is 1. The molecule has 4 rings (SSSR count). The number of amides is 3. The Morgan fingerprint density at radius 1 is 0.875 bits per heavy atom. The van der Waals surface area contributed by atoms with Crippen molar-refractivity contribution in [3.05, 3.63) is 87.3 Å². The van der Waals surface area contributed by atoms with Gasteiger partial charge in [0.1, 0.15) is 12.4 Å². The van der Waals surface area contributed by atoms with E-state index in [9.17, 15) is 14.4 Å². The van der Waals surface area contributed by atoms with Crippen molar-refractivity contribution in [2.45, 2.75) is 27.7 Å². The van der Waals surface area contributed by atoms with Crippen molar-refractivity contribution in [3.63, 3.8) is 0 Å². The summed E-state index contributed by atoms with van der Waals surface area (Å²) in [6, 6.07) is 16.8. The van der Waals surface area contributed by atoms with Gasteiger partial charge in [0.05, 0.1) is 18.6 Å². The standard InChI is InChI=1S/C31H32N2O6S/c1-19-7-10-24(22(4)14-19)32-29(34)18-39-25-11-9-23(16-27(25)37-5)17-28-30(35)33(31(36)40-28)12-13-38-26-15-20(2)6-8-21(26)3/h6-11,14-17H,12-13,18H2,1-5H3,(H,32,34)/b28-17-. The molecular formula is C31H32N2O6S. The van der Waals surface area contributed by atoms with Gasteiger partial charge in [-0.3, -0.25) is 19.3 Å². The predicted octanol–water partition coefficient (Wildman–Crippen LogP) is 6.06. The third-order valence-electron chi connectivity index (χ3n) is 6.29. The van der Waals surface area contributed by atoms with Crippen molar-refractivity contribution in [1.82, 2.24) is 4.90 Å². The molecule has 3 aromatic rings. The van der Waals surface area contributed by atoms with E-state index in [2.05, 4.69) is 5.32 Å². The number of hydrogen-bond acceptors (Lipinski definition) is 7. The van der Waals surface area contributed by atoms with E-state index >= 15 is 0 Å². The second kappa shape index (κ2) is 12.7. The lowest BCUT2D eigenvalue weighted by Crippen LogP contribution is -2.32. The summed E-state index contributed by atoms with van der Waals surface area (Å²) in [6.07, 6.45) is 1.63. The van der Waals surface area contributed by atoms with Gasteiger partial charge in [0.2, 0.25) is 0 Å². The number of ether oxygens (including phenoxy) is 3. The molecule has 0 aliphatic carbocycles. The Bertz CT molecular complexity index is 1480. The van der Waals surface area contributed by atoms with Gasteiger partial charge >= 0.3 is 0 Å². The maximum Gasteiger partial charge on any atom is 0.293 e. The lowest BCUT2D eigenvalue weighted by atomic mass is 10.1. The molecule has 1 heterocycles. The van der Waals surface area contributed by atoms with Crippen LogP contribution in [0.2, 0.25) is 0 Å². The van der Waals surface area contributed by atoms with E-state index in [0.29, 0.717) is 22.0 Å². The quantitative estimate of drug-likeness (QED) is 0.301. The average Bonchev–Trinajstić information content (AvgIpc) is 3.18. The molecule has 0 aromatic heterocycles. The van der Waals surface area contributed by atoms with E-state index in [4.69, 9.17) is 14.2 Å². The van der Waals surface area contributed by atoms with Gasteiger partial charge in [-0.15, -0.1) is 0 Å². The van der Waals surface area contributed by atoms with Crippen LogP contribution in [0.3, 0.4) is 0 Å². The Balaban J connectivity index is 1.36. The summed E-state index contributed by atoms with van der Waals surface area (Å²) < 4.78 is 17.0. The van der Waals surface area contributed by atoms with Crippen LogP contribution in [0.1, 0.15) is 27.8 Å². The topological polar surface area (TPSA) is 94.2 Å². The van der Waals surface area contributed by atoms with E-state index in [1.54, 1.807) is 24.3 Å². The normalized spacial score (nSPS) is 14.0. The number of methoxy groups -OCH3 is 1. The SMILES string of the molecule is COc1cc(/C=C2\SC(=O)N(CCOc3cc(C)ccc3C)C2=O)ccc1OCC(=O)Nc1ccc(C)cc1C. The van der Waals surface area contributed by atoms with Crippen LogP contribution in [0.4, 0.5) is 10.5 Å². The van der Waals surface area contributed by atoms with Crippen LogP contribution in [-0.2, 0) is 9.59 Å². The number of rotatable bonds is 10. The summed E-state index contributed by atoms with van der Waals surface area (Å²) in [5.41, 5.74) is 5.52. The van der Waals surface area contributed by atoms with Crippen LogP contribution in [0, 0.1) is 27.7 Å². The van der Waals surface area contributed by atoms with E-state index in [0.717, 1.165) is 45.5 Å². The molecule has 8 nitrogen and oxygen atoms in total. The summed E-state index contributed by atoms with van der Waals surface area (Å²) in [5.74, 6) is 0.844. The van der Waals surface area contributed by atoms with Gasteiger partial charge in [-0.25, -0.2) is 0 Å². The van der Waals surface area contributed by atoms with Gasteiger partial charge < -0.3 is 19.5 Å². The second-order valence-electron chi connectivity index (χ2n) is 9.52. The van der Waals surface area contributed by atoms with Gasteiger partial charge in [-0.2, -0.15) is 0 Å².